The summed E-state index contributed by atoms with van der Waals surface area (Å²) in [6.07, 6.45) is 1.61. The van der Waals surface area contributed by atoms with Gasteiger partial charge in [0.2, 0.25) is 5.28 Å². The van der Waals surface area contributed by atoms with E-state index in [0.717, 1.165) is 15.8 Å². The maximum absolute atomic E-state index is 5.75. The van der Waals surface area contributed by atoms with Gasteiger partial charge in [0, 0.05) is 18.3 Å². The molecular formula is C12H11BrClN3O. The van der Waals surface area contributed by atoms with Gasteiger partial charge in [-0.1, -0.05) is 18.2 Å². The zero-order chi connectivity index (χ0) is 13.0. The monoisotopic (exact) mass is 327 g/mol. The van der Waals surface area contributed by atoms with E-state index in [4.69, 9.17) is 16.3 Å². The Morgan fingerprint density at radius 1 is 1.39 bits per heavy atom. The zero-order valence-electron chi connectivity index (χ0n) is 9.65. The van der Waals surface area contributed by atoms with Crippen LogP contribution in [0.2, 0.25) is 5.28 Å². The Bertz CT molecular complexity index is 551. The minimum atomic E-state index is 0.209. The summed E-state index contributed by atoms with van der Waals surface area (Å²) in [6.45, 7) is 0.593. The van der Waals surface area contributed by atoms with E-state index in [1.165, 1.54) is 0 Å². The summed E-state index contributed by atoms with van der Waals surface area (Å²) in [5.74, 6) is 1.49. The van der Waals surface area contributed by atoms with Crippen LogP contribution < -0.4 is 10.1 Å². The van der Waals surface area contributed by atoms with Crippen molar-refractivity contribution in [2.75, 3.05) is 12.4 Å². The third-order valence-corrected chi connectivity index (χ3v) is 3.12. The molecule has 0 aliphatic heterocycles. The molecule has 2 aromatic rings. The van der Waals surface area contributed by atoms with Gasteiger partial charge in [0.15, 0.2) is 0 Å². The molecule has 0 amide bonds. The Hall–Kier alpha value is -1.33. The van der Waals surface area contributed by atoms with Crippen molar-refractivity contribution in [2.45, 2.75) is 6.54 Å². The maximum Gasteiger partial charge on any atom is 0.224 e. The molecule has 0 fully saturated rings. The molecule has 4 nitrogen and oxygen atoms in total. The van der Waals surface area contributed by atoms with Gasteiger partial charge in [-0.2, -0.15) is 4.98 Å². The summed E-state index contributed by atoms with van der Waals surface area (Å²) >= 11 is 9.11. The van der Waals surface area contributed by atoms with Crippen LogP contribution in [0.25, 0.3) is 0 Å². The fraction of sp³-hybridized carbons (Fsp3) is 0.167. The van der Waals surface area contributed by atoms with Crippen molar-refractivity contribution in [3.8, 4) is 5.75 Å². The normalized spacial score (nSPS) is 10.2. The lowest BCUT2D eigenvalue weighted by Gasteiger charge is -2.10. The first-order valence-corrected chi connectivity index (χ1v) is 6.41. The van der Waals surface area contributed by atoms with Gasteiger partial charge in [-0.25, -0.2) is 4.98 Å². The van der Waals surface area contributed by atoms with Crippen molar-refractivity contribution in [2.24, 2.45) is 0 Å². The van der Waals surface area contributed by atoms with E-state index in [1.54, 1.807) is 13.3 Å². The van der Waals surface area contributed by atoms with Crippen LogP contribution >= 0.6 is 27.5 Å². The predicted molar refractivity (Wildman–Crippen MR) is 75.1 cm³/mol. The number of para-hydroxylation sites is 1. The van der Waals surface area contributed by atoms with E-state index in [1.807, 2.05) is 24.3 Å². The lowest BCUT2D eigenvalue weighted by Crippen LogP contribution is -2.04. The van der Waals surface area contributed by atoms with Gasteiger partial charge in [-0.05, 0) is 33.6 Å². The maximum atomic E-state index is 5.75. The van der Waals surface area contributed by atoms with Crippen LogP contribution in [0.3, 0.4) is 0 Å². The average Bonchev–Trinajstić information content (AvgIpc) is 2.40. The molecule has 0 saturated heterocycles. The number of anilines is 1. The second-order valence-corrected chi connectivity index (χ2v) is 4.69. The van der Waals surface area contributed by atoms with Crippen molar-refractivity contribution < 1.29 is 4.74 Å². The molecule has 0 aliphatic rings. The summed E-state index contributed by atoms with van der Waals surface area (Å²) < 4.78 is 6.04. The molecule has 0 radical (unpaired) electrons. The Balaban J connectivity index is 2.14. The van der Waals surface area contributed by atoms with Crippen LogP contribution in [-0.4, -0.2) is 17.1 Å². The summed E-state index contributed by atoms with van der Waals surface area (Å²) in [5.41, 5.74) is 1.04. The molecule has 0 spiro atoms. The summed E-state index contributed by atoms with van der Waals surface area (Å²) in [7, 11) is 1.65. The summed E-state index contributed by atoms with van der Waals surface area (Å²) in [6, 6.07) is 7.79. The van der Waals surface area contributed by atoms with Crippen LogP contribution in [0.1, 0.15) is 5.56 Å². The molecule has 0 bridgehead atoms. The van der Waals surface area contributed by atoms with Crippen molar-refractivity contribution >= 4 is 33.3 Å². The number of aromatic nitrogens is 2. The highest BCUT2D eigenvalue weighted by molar-refractivity contribution is 9.10. The Morgan fingerprint density at radius 2 is 2.17 bits per heavy atom. The van der Waals surface area contributed by atoms with E-state index >= 15 is 0 Å². The number of rotatable bonds is 4. The highest BCUT2D eigenvalue weighted by Gasteiger charge is 2.05. The fourth-order valence-corrected chi connectivity index (χ4v) is 1.96. The SMILES string of the molecule is COc1ccccc1CNc1nc(Cl)ncc1Br. The molecule has 0 aliphatic carbocycles. The number of benzene rings is 1. The van der Waals surface area contributed by atoms with Gasteiger partial charge >= 0.3 is 0 Å². The molecular weight excluding hydrogens is 318 g/mol. The third kappa shape index (κ3) is 3.11. The highest BCUT2D eigenvalue weighted by atomic mass is 79.9. The van der Waals surface area contributed by atoms with Gasteiger partial charge < -0.3 is 10.1 Å². The minimum absolute atomic E-state index is 0.209. The van der Waals surface area contributed by atoms with E-state index in [9.17, 15) is 0 Å². The molecule has 2 rings (SSSR count). The number of nitrogens with one attached hydrogen (secondary N) is 1. The molecule has 6 heteroatoms. The summed E-state index contributed by atoms with van der Waals surface area (Å²) in [4.78, 5) is 7.97. The van der Waals surface area contributed by atoms with Crippen molar-refractivity contribution in [1.29, 1.82) is 0 Å². The first kappa shape index (κ1) is 13.1. The topological polar surface area (TPSA) is 47.0 Å². The quantitative estimate of drug-likeness (QED) is 0.873. The van der Waals surface area contributed by atoms with Gasteiger partial charge in [0.05, 0.1) is 11.6 Å². The first-order valence-electron chi connectivity index (χ1n) is 5.24. The second kappa shape index (κ2) is 6.02. The fourth-order valence-electron chi connectivity index (χ4n) is 1.50. The van der Waals surface area contributed by atoms with Gasteiger partial charge in [-0.3, -0.25) is 0 Å². The molecule has 1 heterocycles. The molecule has 18 heavy (non-hydrogen) atoms. The van der Waals surface area contributed by atoms with Gasteiger partial charge in [0.25, 0.3) is 0 Å². The molecule has 1 aromatic heterocycles. The van der Waals surface area contributed by atoms with Crippen LogP contribution in [0.4, 0.5) is 5.82 Å². The Kier molecular flexibility index (Phi) is 4.38. The molecule has 0 saturated carbocycles. The second-order valence-electron chi connectivity index (χ2n) is 3.50. The molecule has 1 aromatic carbocycles. The number of nitrogens with zero attached hydrogens (tertiary/aromatic N) is 2. The third-order valence-electron chi connectivity index (χ3n) is 2.35. The standard InChI is InChI=1S/C12H11BrClN3O/c1-18-10-5-3-2-4-8(10)6-15-11-9(13)7-16-12(14)17-11/h2-5,7H,6H2,1H3,(H,15,16,17). The van der Waals surface area contributed by atoms with E-state index in [2.05, 4.69) is 31.2 Å². The predicted octanol–water partition coefficient (Wildman–Crippen LogP) is 3.51. The molecule has 0 atom stereocenters. The highest BCUT2D eigenvalue weighted by Crippen LogP contribution is 2.23. The van der Waals surface area contributed by atoms with Crippen molar-refractivity contribution in [3.63, 3.8) is 0 Å². The molecule has 94 valence electrons. The smallest absolute Gasteiger partial charge is 0.224 e. The van der Waals surface area contributed by atoms with Gasteiger partial charge in [-0.15, -0.1) is 0 Å². The molecule has 0 unspecified atom stereocenters. The van der Waals surface area contributed by atoms with E-state index < -0.39 is 0 Å². The lowest BCUT2D eigenvalue weighted by atomic mass is 10.2. The number of ether oxygens (including phenoxy) is 1. The Morgan fingerprint density at radius 3 is 2.94 bits per heavy atom. The molecule has 1 N–H and O–H groups in total. The van der Waals surface area contributed by atoms with Crippen LogP contribution in [0.5, 0.6) is 5.75 Å². The minimum Gasteiger partial charge on any atom is -0.496 e. The van der Waals surface area contributed by atoms with E-state index in [-0.39, 0.29) is 5.28 Å². The lowest BCUT2D eigenvalue weighted by molar-refractivity contribution is 0.410. The summed E-state index contributed by atoms with van der Waals surface area (Å²) in [5, 5.41) is 3.39. The van der Waals surface area contributed by atoms with Crippen molar-refractivity contribution in [3.05, 3.63) is 45.8 Å². The van der Waals surface area contributed by atoms with Crippen molar-refractivity contribution in [1.82, 2.24) is 9.97 Å². The van der Waals surface area contributed by atoms with Crippen LogP contribution in [0.15, 0.2) is 34.9 Å². The average molecular weight is 329 g/mol. The zero-order valence-corrected chi connectivity index (χ0v) is 12.0. The number of hydrogen-bond acceptors (Lipinski definition) is 4. The van der Waals surface area contributed by atoms with Crippen LogP contribution in [-0.2, 0) is 6.54 Å². The Labute approximate surface area is 118 Å². The number of hydrogen-bond donors (Lipinski definition) is 1. The first-order chi connectivity index (χ1) is 8.70. The van der Waals surface area contributed by atoms with Gasteiger partial charge in [0.1, 0.15) is 11.6 Å². The number of halogens is 2. The van der Waals surface area contributed by atoms with E-state index in [0.29, 0.717) is 12.4 Å². The number of methoxy groups -OCH3 is 1. The van der Waals surface area contributed by atoms with Crippen LogP contribution in [0, 0.1) is 0 Å². The largest absolute Gasteiger partial charge is 0.496 e.